The Balaban J connectivity index is 2.67. The minimum Gasteiger partial charge on any atom is -0.480 e. The number of carboxylic acids is 1. The zero-order valence-corrected chi connectivity index (χ0v) is 11.7. The van der Waals surface area contributed by atoms with E-state index in [4.69, 9.17) is 9.84 Å². The first-order valence-corrected chi connectivity index (χ1v) is 6.45. The fraction of sp³-hybridized carbons (Fsp3) is 0.429. The molecule has 0 radical (unpaired) electrons. The molecule has 1 rings (SSSR count). The lowest BCUT2D eigenvalue weighted by atomic mass is 10.1. The molecule has 0 saturated heterocycles. The minimum absolute atomic E-state index is 0.327. The standard InChI is InChI=1S/C14H20N2O4/c1-3-11(13(17)18)15-14(19)16-12-7-5-4-6-10(12)8-9-20-2/h4-7,11H,3,8-9H2,1-2H3,(H,17,18)(H2,15,16,19). The van der Waals surface area contributed by atoms with Crippen molar-refractivity contribution >= 4 is 17.7 Å². The van der Waals surface area contributed by atoms with Gasteiger partial charge in [0, 0.05) is 12.8 Å². The Labute approximate surface area is 118 Å². The first-order valence-electron chi connectivity index (χ1n) is 6.45. The van der Waals surface area contributed by atoms with Gasteiger partial charge in [-0.25, -0.2) is 9.59 Å². The molecule has 0 fully saturated rings. The number of carboxylic acid groups (broad SMARTS) is 1. The normalized spacial score (nSPS) is 11.7. The van der Waals surface area contributed by atoms with E-state index in [1.54, 1.807) is 26.2 Å². The van der Waals surface area contributed by atoms with Gasteiger partial charge in [-0.3, -0.25) is 0 Å². The Kier molecular flexibility index (Phi) is 6.52. The number of carbonyl (C=O) groups excluding carboxylic acids is 1. The van der Waals surface area contributed by atoms with E-state index >= 15 is 0 Å². The number of ether oxygens (including phenoxy) is 1. The van der Waals surface area contributed by atoms with Crippen LogP contribution in [0.15, 0.2) is 24.3 Å². The highest BCUT2D eigenvalue weighted by Gasteiger charge is 2.17. The molecule has 2 amide bonds. The van der Waals surface area contributed by atoms with Crippen molar-refractivity contribution in [3.63, 3.8) is 0 Å². The van der Waals surface area contributed by atoms with Crippen molar-refractivity contribution in [3.8, 4) is 0 Å². The van der Waals surface area contributed by atoms with Crippen molar-refractivity contribution in [1.29, 1.82) is 0 Å². The second-order valence-electron chi connectivity index (χ2n) is 4.30. The number of para-hydroxylation sites is 1. The number of nitrogens with one attached hydrogen (secondary N) is 2. The second kappa shape index (κ2) is 8.16. The molecule has 1 aromatic carbocycles. The van der Waals surface area contributed by atoms with Gasteiger partial charge in [-0.1, -0.05) is 25.1 Å². The summed E-state index contributed by atoms with van der Waals surface area (Å²) in [5.41, 5.74) is 1.59. The fourth-order valence-corrected chi connectivity index (χ4v) is 1.73. The maximum atomic E-state index is 11.8. The van der Waals surface area contributed by atoms with Crippen LogP contribution in [0.5, 0.6) is 0 Å². The molecule has 1 aromatic rings. The summed E-state index contributed by atoms with van der Waals surface area (Å²) in [7, 11) is 1.61. The molecule has 0 saturated carbocycles. The summed E-state index contributed by atoms with van der Waals surface area (Å²) in [6.45, 7) is 2.25. The summed E-state index contributed by atoms with van der Waals surface area (Å²) in [6, 6.07) is 5.93. The number of aliphatic carboxylic acids is 1. The Hall–Kier alpha value is -2.08. The van der Waals surface area contributed by atoms with Gasteiger partial charge in [0.2, 0.25) is 0 Å². The van der Waals surface area contributed by atoms with Gasteiger partial charge >= 0.3 is 12.0 Å². The Bertz CT molecular complexity index is 462. The van der Waals surface area contributed by atoms with E-state index in [1.165, 1.54) is 0 Å². The molecular weight excluding hydrogens is 260 g/mol. The number of urea groups is 1. The number of hydrogen-bond acceptors (Lipinski definition) is 3. The first-order chi connectivity index (χ1) is 9.58. The predicted octanol–water partition coefficient (Wildman–Crippen LogP) is 1.86. The summed E-state index contributed by atoms with van der Waals surface area (Å²) in [4.78, 5) is 22.7. The van der Waals surface area contributed by atoms with Crippen molar-refractivity contribution in [3.05, 3.63) is 29.8 Å². The lowest BCUT2D eigenvalue weighted by Gasteiger charge is -2.15. The molecule has 0 spiro atoms. The third-order valence-corrected chi connectivity index (χ3v) is 2.85. The Morgan fingerprint density at radius 2 is 2.05 bits per heavy atom. The molecule has 1 unspecified atom stereocenters. The van der Waals surface area contributed by atoms with Gasteiger partial charge < -0.3 is 20.5 Å². The largest absolute Gasteiger partial charge is 0.480 e. The fourth-order valence-electron chi connectivity index (χ4n) is 1.73. The Morgan fingerprint density at radius 1 is 1.35 bits per heavy atom. The number of hydrogen-bond donors (Lipinski definition) is 3. The first kappa shape index (κ1) is 16.0. The molecule has 0 aliphatic rings. The van der Waals surface area contributed by atoms with Gasteiger partial charge in [-0.15, -0.1) is 0 Å². The predicted molar refractivity (Wildman–Crippen MR) is 75.9 cm³/mol. The van der Waals surface area contributed by atoms with Crippen LogP contribution in [-0.4, -0.2) is 36.9 Å². The van der Waals surface area contributed by atoms with Gasteiger partial charge in [0.15, 0.2) is 0 Å². The van der Waals surface area contributed by atoms with Crippen molar-refractivity contribution in [2.24, 2.45) is 0 Å². The molecule has 20 heavy (non-hydrogen) atoms. The molecule has 1 atom stereocenters. The van der Waals surface area contributed by atoms with Crippen LogP contribution in [0.4, 0.5) is 10.5 Å². The summed E-state index contributed by atoms with van der Waals surface area (Å²) in [5.74, 6) is -1.05. The summed E-state index contributed by atoms with van der Waals surface area (Å²) < 4.78 is 5.01. The number of carbonyl (C=O) groups is 2. The lowest BCUT2D eigenvalue weighted by molar-refractivity contribution is -0.139. The SMILES string of the molecule is CCC(NC(=O)Nc1ccccc1CCOC)C(=O)O. The minimum atomic E-state index is -1.05. The molecule has 6 nitrogen and oxygen atoms in total. The molecular formula is C14H20N2O4. The topological polar surface area (TPSA) is 87.7 Å². The third kappa shape index (κ3) is 4.89. The molecule has 0 aliphatic carbocycles. The molecule has 110 valence electrons. The van der Waals surface area contributed by atoms with Crippen LogP contribution < -0.4 is 10.6 Å². The van der Waals surface area contributed by atoms with Gasteiger partial charge in [0.05, 0.1) is 6.61 Å². The molecule has 0 aromatic heterocycles. The van der Waals surface area contributed by atoms with Crippen LogP contribution >= 0.6 is 0 Å². The zero-order chi connectivity index (χ0) is 15.0. The number of benzene rings is 1. The third-order valence-electron chi connectivity index (χ3n) is 2.85. The highest BCUT2D eigenvalue weighted by molar-refractivity contribution is 5.92. The van der Waals surface area contributed by atoms with Crippen molar-refractivity contribution in [2.75, 3.05) is 19.0 Å². The average molecular weight is 280 g/mol. The summed E-state index contributed by atoms with van der Waals surface area (Å²) in [5, 5.41) is 14.0. The van der Waals surface area contributed by atoms with E-state index in [-0.39, 0.29) is 0 Å². The maximum absolute atomic E-state index is 11.8. The average Bonchev–Trinajstić information content (AvgIpc) is 2.43. The molecule has 0 heterocycles. The molecule has 0 bridgehead atoms. The van der Waals surface area contributed by atoms with Crippen LogP contribution in [0.1, 0.15) is 18.9 Å². The van der Waals surface area contributed by atoms with Crippen LogP contribution in [0.3, 0.4) is 0 Å². The summed E-state index contributed by atoms with van der Waals surface area (Å²) >= 11 is 0. The van der Waals surface area contributed by atoms with Gasteiger partial charge in [0.1, 0.15) is 6.04 Å². The van der Waals surface area contributed by atoms with E-state index in [9.17, 15) is 9.59 Å². The van der Waals surface area contributed by atoms with E-state index in [1.807, 2.05) is 12.1 Å². The quantitative estimate of drug-likeness (QED) is 0.711. The monoisotopic (exact) mass is 280 g/mol. The van der Waals surface area contributed by atoms with Crippen LogP contribution in [0, 0.1) is 0 Å². The smallest absolute Gasteiger partial charge is 0.326 e. The van der Waals surface area contributed by atoms with Crippen molar-refractivity contribution in [1.82, 2.24) is 5.32 Å². The van der Waals surface area contributed by atoms with Gasteiger partial charge in [0.25, 0.3) is 0 Å². The number of methoxy groups -OCH3 is 1. The number of amides is 2. The van der Waals surface area contributed by atoms with E-state index in [0.29, 0.717) is 25.1 Å². The van der Waals surface area contributed by atoms with Crippen molar-refractivity contribution < 1.29 is 19.4 Å². The Morgan fingerprint density at radius 3 is 2.65 bits per heavy atom. The number of rotatable bonds is 7. The lowest BCUT2D eigenvalue weighted by Crippen LogP contribution is -2.42. The van der Waals surface area contributed by atoms with Crippen molar-refractivity contribution in [2.45, 2.75) is 25.8 Å². The molecule has 6 heteroatoms. The maximum Gasteiger partial charge on any atom is 0.326 e. The van der Waals surface area contributed by atoms with Gasteiger partial charge in [-0.2, -0.15) is 0 Å². The number of anilines is 1. The van der Waals surface area contributed by atoms with Crippen LogP contribution in [0.25, 0.3) is 0 Å². The highest BCUT2D eigenvalue weighted by atomic mass is 16.5. The van der Waals surface area contributed by atoms with E-state index in [2.05, 4.69) is 10.6 Å². The molecule has 0 aliphatic heterocycles. The summed E-state index contributed by atoms with van der Waals surface area (Å²) in [6.07, 6.45) is 0.997. The second-order valence-corrected chi connectivity index (χ2v) is 4.30. The van der Waals surface area contributed by atoms with Crippen LogP contribution in [-0.2, 0) is 16.0 Å². The molecule has 3 N–H and O–H groups in total. The van der Waals surface area contributed by atoms with Gasteiger partial charge in [-0.05, 0) is 24.5 Å². The van der Waals surface area contributed by atoms with E-state index in [0.717, 1.165) is 5.56 Å². The zero-order valence-electron chi connectivity index (χ0n) is 11.7. The van der Waals surface area contributed by atoms with Crippen LogP contribution in [0.2, 0.25) is 0 Å². The highest BCUT2D eigenvalue weighted by Crippen LogP contribution is 2.15. The van der Waals surface area contributed by atoms with E-state index < -0.39 is 18.0 Å².